The number of fused-ring (bicyclic) bond motifs is 1. The van der Waals surface area contributed by atoms with Crippen LogP contribution in [-0.4, -0.2) is 52.7 Å². The summed E-state index contributed by atoms with van der Waals surface area (Å²) < 4.78 is 13.6. The molecule has 6 nitrogen and oxygen atoms in total. The Labute approximate surface area is 171 Å². The highest BCUT2D eigenvalue weighted by Crippen LogP contribution is 2.30. The van der Waals surface area contributed by atoms with E-state index in [4.69, 9.17) is 14.6 Å². The molecule has 1 amide bonds. The highest BCUT2D eigenvalue weighted by molar-refractivity contribution is 5.94. The molecule has 3 heterocycles. The van der Waals surface area contributed by atoms with E-state index in [1.807, 2.05) is 27.8 Å². The molecule has 1 unspecified atom stereocenters. The first-order valence-corrected chi connectivity index (χ1v) is 11.0. The van der Waals surface area contributed by atoms with Gasteiger partial charge in [0.05, 0.1) is 24.9 Å². The van der Waals surface area contributed by atoms with Crippen molar-refractivity contribution in [3.63, 3.8) is 0 Å². The third kappa shape index (κ3) is 3.60. The average Bonchev–Trinajstić information content (AvgIpc) is 3.37. The second kappa shape index (κ2) is 8.28. The molecule has 0 bridgehead atoms. The normalized spacial score (nSPS) is 23.0. The Morgan fingerprint density at radius 1 is 0.966 bits per heavy atom. The van der Waals surface area contributed by atoms with Crippen molar-refractivity contribution in [1.82, 2.24) is 14.7 Å². The summed E-state index contributed by atoms with van der Waals surface area (Å²) in [6.45, 7) is 1.97. The van der Waals surface area contributed by atoms with E-state index >= 15 is 0 Å². The lowest BCUT2D eigenvalue weighted by Gasteiger charge is -2.37. The quantitative estimate of drug-likeness (QED) is 0.747. The molecule has 2 fully saturated rings. The number of hydrogen-bond donors (Lipinski definition) is 0. The number of ether oxygens (including phenoxy) is 2. The standard InChI is InChI=1S/C23H29N3O3/c27-22(25-14-8-7-13-20(25)23-28-15-16-29-23)21-18-11-5-2-6-12-19(18)26(24-21)17-9-3-1-4-10-17/h1,3-4,9-10,20,23H,2,5-8,11-16H2. The van der Waals surface area contributed by atoms with E-state index in [0.29, 0.717) is 18.9 Å². The van der Waals surface area contributed by atoms with E-state index in [9.17, 15) is 4.79 Å². The molecular weight excluding hydrogens is 366 g/mol. The lowest BCUT2D eigenvalue weighted by Crippen LogP contribution is -2.50. The van der Waals surface area contributed by atoms with E-state index in [2.05, 4.69) is 12.1 Å². The van der Waals surface area contributed by atoms with E-state index in [1.165, 1.54) is 12.1 Å². The fraction of sp³-hybridized carbons (Fsp3) is 0.565. The minimum Gasteiger partial charge on any atom is -0.348 e. The topological polar surface area (TPSA) is 56.6 Å². The predicted octanol–water partition coefficient (Wildman–Crippen LogP) is 3.51. The van der Waals surface area contributed by atoms with Gasteiger partial charge in [0.15, 0.2) is 12.0 Å². The van der Waals surface area contributed by atoms with E-state index in [0.717, 1.165) is 62.7 Å². The molecule has 1 aliphatic carbocycles. The number of benzene rings is 1. The Morgan fingerprint density at radius 3 is 2.59 bits per heavy atom. The number of rotatable bonds is 3. The number of carbonyl (C=O) groups excluding carboxylic acids is 1. The molecule has 0 N–H and O–H groups in total. The molecule has 5 rings (SSSR count). The zero-order valence-electron chi connectivity index (χ0n) is 16.9. The molecule has 2 aromatic rings. The summed E-state index contributed by atoms with van der Waals surface area (Å²) >= 11 is 0. The highest BCUT2D eigenvalue weighted by Gasteiger charge is 2.38. The second-order valence-electron chi connectivity index (χ2n) is 8.25. The zero-order valence-corrected chi connectivity index (χ0v) is 16.9. The van der Waals surface area contributed by atoms with Crippen LogP contribution in [0, 0.1) is 0 Å². The van der Waals surface area contributed by atoms with Crippen molar-refractivity contribution in [2.24, 2.45) is 0 Å². The van der Waals surface area contributed by atoms with E-state index < -0.39 is 0 Å². The van der Waals surface area contributed by atoms with E-state index in [1.54, 1.807) is 0 Å². The molecule has 0 spiro atoms. The Balaban J connectivity index is 1.52. The fourth-order valence-electron chi connectivity index (χ4n) is 4.96. The number of carbonyl (C=O) groups is 1. The van der Waals surface area contributed by atoms with Gasteiger partial charge in [0.1, 0.15) is 0 Å². The van der Waals surface area contributed by atoms with Gasteiger partial charge in [0, 0.05) is 17.8 Å². The molecule has 0 saturated carbocycles. The smallest absolute Gasteiger partial charge is 0.275 e. The van der Waals surface area contributed by atoms with Crippen LogP contribution in [0.5, 0.6) is 0 Å². The van der Waals surface area contributed by atoms with Crippen molar-refractivity contribution in [2.75, 3.05) is 19.8 Å². The second-order valence-corrected chi connectivity index (χ2v) is 8.25. The largest absolute Gasteiger partial charge is 0.348 e. The molecule has 29 heavy (non-hydrogen) atoms. The summed E-state index contributed by atoms with van der Waals surface area (Å²) in [7, 11) is 0. The number of para-hydroxylation sites is 1. The van der Waals surface area contributed by atoms with E-state index in [-0.39, 0.29) is 18.2 Å². The number of hydrogen-bond acceptors (Lipinski definition) is 4. The first-order chi connectivity index (χ1) is 14.3. The lowest BCUT2D eigenvalue weighted by molar-refractivity contribution is -0.100. The zero-order chi connectivity index (χ0) is 19.6. The summed E-state index contributed by atoms with van der Waals surface area (Å²) in [5.41, 5.74) is 4.02. The van der Waals surface area contributed by atoms with Crippen molar-refractivity contribution >= 4 is 5.91 Å². The predicted molar refractivity (Wildman–Crippen MR) is 109 cm³/mol. The van der Waals surface area contributed by atoms with Crippen molar-refractivity contribution in [3.05, 3.63) is 47.3 Å². The summed E-state index contributed by atoms with van der Waals surface area (Å²) in [6, 6.07) is 10.2. The maximum Gasteiger partial charge on any atom is 0.275 e. The Bertz CT molecular complexity index is 858. The van der Waals surface area contributed by atoms with Gasteiger partial charge in [-0.25, -0.2) is 4.68 Å². The van der Waals surface area contributed by atoms with Gasteiger partial charge in [0.2, 0.25) is 0 Å². The third-order valence-electron chi connectivity index (χ3n) is 6.41. The van der Waals surface area contributed by atoms with Gasteiger partial charge >= 0.3 is 0 Å². The fourth-order valence-corrected chi connectivity index (χ4v) is 4.96. The lowest BCUT2D eigenvalue weighted by atomic mass is 9.99. The van der Waals surface area contributed by atoms with Gasteiger partial charge in [-0.2, -0.15) is 5.10 Å². The number of amides is 1. The summed E-state index contributed by atoms with van der Waals surface area (Å²) in [5, 5.41) is 4.88. The first-order valence-electron chi connectivity index (χ1n) is 11.0. The minimum absolute atomic E-state index is 0.0120. The molecule has 2 aliphatic heterocycles. The van der Waals surface area contributed by atoms with Crippen molar-refractivity contribution in [1.29, 1.82) is 0 Å². The maximum absolute atomic E-state index is 13.7. The molecule has 1 atom stereocenters. The molecule has 0 radical (unpaired) electrons. The summed E-state index contributed by atoms with van der Waals surface area (Å²) in [6.07, 6.45) is 8.13. The van der Waals surface area contributed by atoms with Crippen LogP contribution in [0.4, 0.5) is 0 Å². The highest BCUT2D eigenvalue weighted by atomic mass is 16.7. The molecule has 3 aliphatic rings. The van der Waals surface area contributed by atoms with Gasteiger partial charge in [0.25, 0.3) is 5.91 Å². The van der Waals surface area contributed by atoms with Crippen molar-refractivity contribution in [2.45, 2.75) is 63.7 Å². The number of piperidine rings is 1. The minimum atomic E-state index is -0.297. The number of likely N-dealkylation sites (tertiary alicyclic amines) is 1. The van der Waals surface area contributed by atoms with Gasteiger partial charge in [-0.15, -0.1) is 0 Å². The Morgan fingerprint density at radius 2 is 1.76 bits per heavy atom. The van der Waals surface area contributed by atoms with Crippen LogP contribution < -0.4 is 0 Å². The molecule has 1 aromatic carbocycles. The average molecular weight is 396 g/mol. The van der Waals surface area contributed by atoms with Crippen LogP contribution in [0.15, 0.2) is 30.3 Å². The molecule has 2 saturated heterocycles. The van der Waals surface area contributed by atoms with Crippen molar-refractivity contribution in [3.8, 4) is 5.69 Å². The van der Waals surface area contributed by atoms with Gasteiger partial charge in [-0.05, 0) is 57.1 Å². The van der Waals surface area contributed by atoms with Gasteiger partial charge in [-0.3, -0.25) is 4.79 Å². The van der Waals surface area contributed by atoms with Crippen LogP contribution in [0.2, 0.25) is 0 Å². The SMILES string of the molecule is O=C(c1nn(-c2ccccc2)c2c1CCCCC2)N1CCCCC1C1OCCO1. The van der Waals surface area contributed by atoms with Crippen LogP contribution in [0.3, 0.4) is 0 Å². The maximum atomic E-state index is 13.7. The van der Waals surface area contributed by atoms with Crippen LogP contribution in [-0.2, 0) is 22.3 Å². The van der Waals surface area contributed by atoms with Gasteiger partial charge in [-0.1, -0.05) is 24.6 Å². The third-order valence-corrected chi connectivity index (χ3v) is 6.41. The molecule has 154 valence electrons. The van der Waals surface area contributed by atoms with Crippen LogP contribution in [0.25, 0.3) is 5.69 Å². The Kier molecular flexibility index (Phi) is 5.38. The monoisotopic (exact) mass is 395 g/mol. The molecular formula is C23H29N3O3. The Hall–Kier alpha value is -2.18. The number of nitrogens with zero attached hydrogens (tertiary/aromatic N) is 3. The summed E-state index contributed by atoms with van der Waals surface area (Å²) in [4.78, 5) is 15.7. The number of aromatic nitrogens is 2. The molecule has 1 aromatic heterocycles. The molecule has 6 heteroatoms. The summed E-state index contributed by atoms with van der Waals surface area (Å²) in [5.74, 6) is 0.0432. The first kappa shape index (κ1) is 18.8. The van der Waals surface area contributed by atoms with Crippen LogP contribution in [0.1, 0.15) is 60.3 Å². The van der Waals surface area contributed by atoms with Gasteiger partial charge < -0.3 is 14.4 Å². The van der Waals surface area contributed by atoms with Crippen molar-refractivity contribution < 1.29 is 14.3 Å². The van der Waals surface area contributed by atoms with Crippen LogP contribution >= 0.6 is 0 Å².